The Morgan fingerprint density at radius 2 is 0.980 bits per heavy atom. The Hall–Kier alpha value is -6.32. The van der Waals surface area contributed by atoms with Crippen LogP contribution in [0.25, 0.3) is 55.2 Å². The molecule has 0 N–H and O–H groups in total. The van der Waals surface area contributed by atoms with Crippen LogP contribution in [0.5, 0.6) is 0 Å². The van der Waals surface area contributed by atoms with Crippen LogP contribution in [0.2, 0.25) is 0 Å². The molecule has 0 bridgehead atoms. The quantitative estimate of drug-likeness (QED) is 0.186. The fourth-order valence-corrected chi connectivity index (χ4v) is 8.31. The predicted molar refractivity (Wildman–Crippen MR) is 210 cm³/mol. The molecule has 3 nitrogen and oxygen atoms in total. The second-order valence-electron chi connectivity index (χ2n) is 13.9. The molecule has 1 aliphatic rings. The van der Waals surface area contributed by atoms with E-state index in [9.17, 15) is 0 Å². The van der Waals surface area contributed by atoms with Crippen LogP contribution in [0, 0.1) is 0 Å². The molecule has 0 spiro atoms. The van der Waals surface area contributed by atoms with Gasteiger partial charge in [0.25, 0.3) is 0 Å². The van der Waals surface area contributed by atoms with E-state index in [0.717, 1.165) is 17.1 Å². The molecule has 0 amide bonds. The average Bonchev–Trinajstić information content (AvgIpc) is 3.76. The molecule has 0 fully saturated rings. The van der Waals surface area contributed by atoms with Gasteiger partial charge < -0.3 is 14.0 Å². The molecule has 9 aromatic rings. The number of aromatic nitrogens is 2. The third kappa shape index (κ3) is 4.17. The standard InChI is InChI=1S/C47H35N3/c1-47(2)40-15-7-10-18-44(40)49(45-19-11-8-16-41(45)47)35-24-26-36(27-25-35)50-43-17-9-6-14-37(43)38-28-29-42-39(46(38)50)30-31-48(42)34-22-20-33(21-23-34)32-12-4-3-5-13-32/h3-31H,1-2H3. The van der Waals surface area contributed by atoms with E-state index in [1.807, 2.05) is 0 Å². The zero-order valence-corrected chi connectivity index (χ0v) is 28.1. The minimum Gasteiger partial charge on any atom is -0.316 e. The summed E-state index contributed by atoms with van der Waals surface area (Å²) in [4.78, 5) is 2.42. The van der Waals surface area contributed by atoms with Crippen molar-refractivity contribution in [1.82, 2.24) is 9.13 Å². The molecule has 0 aliphatic carbocycles. The topological polar surface area (TPSA) is 13.1 Å². The largest absolute Gasteiger partial charge is 0.316 e. The molecule has 10 rings (SSSR count). The van der Waals surface area contributed by atoms with Crippen molar-refractivity contribution in [2.45, 2.75) is 19.3 Å². The van der Waals surface area contributed by atoms with Crippen molar-refractivity contribution in [3.8, 4) is 22.5 Å². The number of rotatable bonds is 4. The van der Waals surface area contributed by atoms with Crippen LogP contribution < -0.4 is 4.90 Å². The van der Waals surface area contributed by atoms with Gasteiger partial charge in [0.05, 0.1) is 27.9 Å². The molecule has 0 saturated carbocycles. The molecule has 0 radical (unpaired) electrons. The summed E-state index contributed by atoms with van der Waals surface area (Å²) in [5, 5.41) is 3.75. The summed E-state index contributed by atoms with van der Waals surface area (Å²) in [6.07, 6.45) is 2.21. The van der Waals surface area contributed by atoms with Gasteiger partial charge in [0.2, 0.25) is 0 Å². The van der Waals surface area contributed by atoms with Crippen molar-refractivity contribution >= 4 is 49.8 Å². The summed E-state index contributed by atoms with van der Waals surface area (Å²) < 4.78 is 4.75. The molecule has 3 heteroatoms. The zero-order valence-electron chi connectivity index (χ0n) is 28.1. The van der Waals surface area contributed by atoms with Crippen molar-refractivity contribution in [2.24, 2.45) is 0 Å². The lowest BCUT2D eigenvalue weighted by Gasteiger charge is -2.42. The van der Waals surface area contributed by atoms with E-state index >= 15 is 0 Å². The Bertz CT molecular complexity index is 2660. The molecule has 7 aromatic carbocycles. The number of nitrogens with zero attached hydrogens (tertiary/aromatic N) is 3. The zero-order chi connectivity index (χ0) is 33.4. The Kier molecular flexibility index (Phi) is 6.22. The molecule has 3 heterocycles. The Morgan fingerprint density at radius 3 is 1.70 bits per heavy atom. The SMILES string of the molecule is CC1(C)c2ccccc2N(c2ccc(-n3c4ccccc4c4ccc5c(ccn5-c5ccc(-c6ccccc6)cc5)c43)cc2)c2ccccc21. The summed E-state index contributed by atoms with van der Waals surface area (Å²) >= 11 is 0. The van der Waals surface area contributed by atoms with E-state index in [1.54, 1.807) is 0 Å². The van der Waals surface area contributed by atoms with Crippen molar-refractivity contribution in [2.75, 3.05) is 4.90 Å². The van der Waals surface area contributed by atoms with E-state index in [0.29, 0.717) is 0 Å². The highest BCUT2D eigenvalue weighted by atomic mass is 15.2. The highest BCUT2D eigenvalue weighted by molar-refractivity contribution is 6.18. The number of hydrogen-bond donors (Lipinski definition) is 0. The first-order chi connectivity index (χ1) is 24.6. The van der Waals surface area contributed by atoms with Crippen LogP contribution >= 0.6 is 0 Å². The Balaban J connectivity index is 1.12. The maximum absolute atomic E-state index is 2.45. The normalized spacial score (nSPS) is 13.5. The average molecular weight is 642 g/mol. The van der Waals surface area contributed by atoms with E-state index in [-0.39, 0.29) is 5.41 Å². The second-order valence-corrected chi connectivity index (χ2v) is 13.9. The number of fused-ring (bicyclic) bond motifs is 7. The summed E-state index contributed by atoms with van der Waals surface area (Å²) in [6, 6.07) is 61.9. The molecule has 0 atom stereocenters. The molecule has 0 unspecified atom stereocenters. The first-order valence-corrected chi connectivity index (χ1v) is 17.4. The van der Waals surface area contributed by atoms with E-state index < -0.39 is 0 Å². The third-order valence-corrected chi connectivity index (χ3v) is 10.8. The number of para-hydroxylation sites is 3. The van der Waals surface area contributed by atoms with Crippen LogP contribution in [0.1, 0.15) is 25.0 Å². The summed E-state index contributed by atoms with van der Waals surface area (Å²) in [5.74, 6) is 0. The molecule has 1 aliphatic heterocycles. The van der Waals surface area contributed by atoms with Gasteiger partial charge in [-0.15, -0.1) is 0 Å². The van der Waals surface area contributed by atoms with Crippen molar-refractivity contribution in [3.63, 3.8) is 0 Å². The van der Waals surface area contributed by atoms with Gasteiger partial charge >= 0.3 is 0 Å². The fraction of sp³-hybridized carbons (Fsp3) is 0.0638. The molecular weight excluding hydrogens is 607 g/mol. The maximum Gasteiger partial charge on any atom is 0.0635 e. The highest BCUT2D eigenvalue weighted by Crippen LogP contribution is 2.51. The van der Waals surface area contributed by atoms with Gasteiger partial charge in [-0.3, -0.25) is 0 Å². The minimum atomic E-state index is -0.0850. The van der Waals surface area contributed by atoms with Crippen LogP contribution in [0.3, 0.4) is 0 Å². The van der Waals surface area contributed by atoms with Crippen LogP contribution in [0.4, 0.5) is 17.1 Å². The van der Waals surface area contributed by atoms with Gasteiger partial charge in [-0.1, -0.05) is 117 Å². The lowest BCUT2D eigenvalue weighted by atomic mass is 9.73. The summed E-state index contributed by atoms with van der Waals surface area (Å²) in [7, 11) is 0. The monoisotopic (exact) mass is 641 g/mol. The van der Waals surface area contributed by atoms with Gasteiger partial charge in [0.15, 0.2) is 0 Å². The number of benzene rings is 7. The van der Waals surface area contributed by atoms with Gasteiger partial charge in [-0.25, -0.2) is 0 Å². The van der Waals surface area contributed by atoms with Crippen LogP contribution in [-0.2, 0) is 5.41 Å². The Morgan fingerprint density at radius 1 is 0.400 bits per heavy atom. The maximum atomic E-state index is 2.45. The van der Waals surface area contributed by atoms with Crippen LogP contribution in [0.15, 0.2) is 176 Å². The lowest BCUT2D eigenvalue weighted by Crippen LogP contribution is -2.30. The third-order valence-electron chi connectivity index (χ3n) is 10.8. The fourth-order valence-electron chi connectivity index (χ4n) is 8.31. The summed E-state index contributed by atoms with van der Waals surface area (Å²) in [5.41, 5.74) is 14.6. The van der Waals surface area contributed by atoms with Gasteiger partial charge in [0.1, 0.15) is 0 Å². The Labute approximate surface area is 291 Å². The highest BCUT2D eigenvalue weighted by Gasteiger charge is 2.36. The molecule has 0 saturated heterocycles. The lowest BCUT2D eigenvalue weighted by molar-refractivity contribution is 0.632. The van der Waals surface area contributed by atoms with E-state index in [2.05, 4.69) is 204 Å². The van der Waals surface area contributed by atoms with Gasteiger partial charge in [0, 0.05) is 44.8 Å². The smallest absolute Gasteiger partial charge is 0.0635 e. The first kappa shape index (κ1) is 28.7. The predicted octanol–water partition coefficient (Wildman–Crippen LogP) is 12.5. The number of anilines is 3. The number of hydrogen-bond acceptors (Lipinski definition) is 1. The van der Waals surface area contributed by atoms with E-state index in [4.69, 9.17) is 0 Å². The molecule has 238 valence electrons. The first-order valence-electron chi connectivity index (χ1n) is 17.4. The van der Waals surface area contributed by atoms with Crippen molar-refractivity contribution in [3.05, 3.63) is 187 Å². The van der Waals surface area contributed by atoms with Crippen LogP contribution in [-0.4, -0.2) is 9.13 Å². The van der Waals surface area contributed by atoms with Crippen molar-refractivity contribution < 1.29 is 0 Å². The van der Waals surface area contributed by atoms with Gasteiger partial charge in [-0.2, -0.15) is 0 Å². The molecule has 2 aromatic heterocycles. The molecule has 50 heavy (non-hydrogen) atoms. The minimum absolute atomic E-state index is 0.0850. The summed E-state index contributed by atoms with van der Waals surface area (Å²) in [6.45, 7) is 4.67. The van der Waals surface area contributed by atoms with Gasteiger partial charge in [-0.05, 0) is 89.0 Å². The second kappa shape index (κ2) is 10.8. The van der Waals surface area contributed by atoms with E-state index in [1.165, 1.54) is 66.3 Å². The molecular formula is C47H35N3. The van der Waals surface area contributed by atoms with Crippen molar-refractivity contribution in [1.29, 1.82) is 0 Å².